The van der Waals surface area contributed by atoms with Crippen molar-refractivity contribution in [1.82, 2.24) is 9.97 Å². The third kappa shape index (κ3) is 1.90. The maximum absolute atomic E-state index is 12.5. The minimum Gasteiger partial charge on any atom is -0.425 e. The van der Waals surface area contributed by atoms with E-state index in [-0.39, 0.29) is 23.9 Å². The number of hydrogen-bond acceptors (Lipinski definition) is 4. The van der Waals surface area contributed by atoms with Crippen LogP contribution in [0.1, 0.15) is 23.5 Å². The number of pyridine rings is 2. The van der Waals surface area contributed by atoms with E-state index in [0.717, 1.165) is 10.9 Å². The molecule has 2 aromatic heterocycles. The Morgan fingerprint density at radius 3 is 2.82 bits per heavy atom. The van der Waals surface area contributed by atoms with Crippen molar-refractivity contribution in [3.05, 3.63) is 70.3 Å². The normalized spacial score (nSPS) is 17.1. The molecule has 3 heterocycles. The maximum Gasteiger partial charge on any atom is 0.312 e. The lowest BCUT2D eigenvalue weighted by atomic mass is 9.87. The number of nitrogens with one attached hydrogen (secondary N) is 1. The van der Waals surface area contributed by atoms with Gasteiger partial charge in [-0.15, -0.1) is 0 Å². The number of nitrogens with zero attached hydrogens (tertiary/aromatic N) is 1. The van der Waals surface area contributed by atoms with Crippen molar-refractivity contribution >= 4 is 16.9 Å². The minimum absolute atomic E-state index is 0.139. The van der Waals surface area contributed by atoms with Crippen molar-refractivity contribution in [3.8, 4) is 5.75 Å². The number of carbonyl (C=O) groups is 1. The fraction of sp³-hybridized carbons (Fsp3) is 0.118. The van der Waals surface area contributed by atoms with Gasteiger partial charge in [0.25, 0.3) is 5.56 Å². The second-order valence-electron chi connectivity index (χ2n) is 5.26. The molecule has 22 heavy (non-hydrogen) atoms. The van der Waals surface area contributed by atoms with Crippen LogP contribution in [0, 0.1) is 0 Å². The summed E-state index contributed by atoms with van der Waals surface area (Å²) in [5.74, 6) is -0.306. The van der Waals surface area contributed by atoms with Crippen molar-refractivity contribution < 1.29 is 9.53 Å². The Bertz CT molecular complexity index is 932. The number of H-pyrrole nitrogens is 1. The SMILES string of the molecule is O=C1CC(c2cccnc2)c2c(c3ccccc3[nH]c2=O)O1. The van der Waals surface area contributed by atoms with Crippen LogP contribution in [0.4, 0.5) is 0 Å². The van der Waals surface area contributed by atoms with Crippen LogP contribution in [0.25, 0.3) is 10.9 Å². The summed E-state index contributed by atoms with van der Waals surface area (Å²) in [6, 6.07) is 11.0. The highest BCUT2D eigenvalue weighted by molar-refractivity contribution is 5.91. The molecule has 1 atom stereocenters. The molecule has 0 fully saturated rings. The lowest BCUT2D eigenvalue weighted by Crippen LogP contribution is -2.28. The van der Waals surface area contributed by atoms with Gasteiger partial charge in [-0.25, -0.2) is 0 Å². The molecule has 1 aliphatic heterocycles. The van der Waals surface area contributed by atoms with Crippen molar-refractivity contribution in [2.24, 2.45) is 0 Å². The van der Waals surface area contributed by atoms with Crippen LogP contribution in [0.2, 0.25) is 0 Å². The van der Waals surface area contributed by atoms with Gasteiger partial charge in [0.05, 0.1) is 17.5 Å². The Balaban J connectivity index is 2.04. The molecule has 0 amide bonds. The fourth-order valence-electron chi connectivity index (χ4n) is 2.95. The summed E-state index contributed by atoms with van der Waals surface area (Å²) in [5, 5.41) is 0.735. The molecule has 0 aliphatic carbocycles. The molecule has 1 aromatic carbocycles. The summed E-state index contributed by atoms with van der Waals surface area (Å²) in [7, 11) is 0. The van der Waals surface area contributed by atoms with Crippen LogP contribution in [0.15, 0.2) is 53.6 Å². The standard InChI is InChI=1S/C17H12N2O3/c20-14-8-12(10-4-3-7-18-9-10)15-16(22-14)11-5-1-2-6-13(11)19-17(15)21/h1-7,9,12H,8H2,(H,19,21). The zero-order valence-corrected chi connectivity index (χ0v) is 11.6. The van der Waals surface area contributed by atoms with Gasteiger partial charge >= 0.3 is 5.97 Å². The maximum atomic E-state index is 12.5. The number of carbonyl (C=O) groups excluding carboxylic acids is 1. The summed E-state index contributed by atoms with van der Waals surface area (Å²) < 4.78 is 5.40. The van der Waals surface area contributed by atoms with E-state index in [4.69, 9.17) is 4.74 Å². The average Bonchev–Trinajstić information content (AvgIpc) is 2.55. The van der Waals surface area contributed by atoms with Gasteiger partial charge in [-0.3, -0.25) is 14.6 Å². The van der Waals surface area contributed by atoms with Gasteiger partial charge < -0.3 is 9.72 Å². The Morgan fingerprint density at radius 1 is 1.14 bits per heavy atom. The highest BCUT2D eigenvalue weighted by Crippen LogP contribution is 2.39. The second kappa shape index (κ2) is 4.80. The van der Waals surface area contributed by atoms with E-state index in [0.29, 0.717) is 16.8 Å². The zero-order valence-electron chi connectivity index (χ0n) is 11.6. The van der Waals surface area contributed by atoms with Crippen molar-refractivity contribution in [2.75, 3.05) is 0 Å². The van der Waals surface area contributed by atoms with E-state index >= 15 is 0 Å². The summed E-state index contributed by atoms with van der Waals surface area (Å²) >= 11 is 0. The number of hydrogen-bond donors (Lipinski definition) is 1. The Hall–Kier alpha value is -2.95. The first-order chi connectivity index (χ1) is 10.7. The lowest BCUT2D eigenvalue weighted by Gasteiger charge is -2.24. The first-order valence-corrected chi connectivity index (χ1v) is 6.99. The first-order valence-electron chi connectivity index (χ1n) is 6.99. The molecular weight excluding hydrogens is 280 g/mol. The fourth-order valence-corrected chi connectivity index (χ4v) is 2.95. The van der Waals surface area contributed by atoms with Gasteiger partial charge in [0.2, 0.25) is 0 Å². The number of esters is 1. The van der Waals surface area contributed by atoms with Gasteiger partial charge in [-0.1, -0.05) is 18.2 Å². The molecule has 108 valence electrons. The van der Waals surface area contributed by atoms with Crippen LogP contribution < -0.4 is 10.3 Å². The number of benzene rings is 1. The highest BCUT2D eigenvalue weighted by atomic mass is 16.5. The van der Waals surface area contributed by atoms with Crippen LogP contribution in [-0.2, 0) is 4.79 Å². The number of fused-ring (bicyclic) bond motifs is 3. The zero-order chi connectivity index (χ0) is 15.1. The molecule has 5 nitrogen and oxygen atoms in total. The first kappa shape index (κ1) is 12.8. The molecule has 0 radical (unpaired) electrons. The van der Waals surface area contributed by atoms with E-state index in [1.807, 2.05) is 24.3 Å². The van der Waals surface area contributed by atoms with E-state index < -0.39 is 0 Å². The molecule has 0 saturated heterocycles. The largest absolute Gasteiger partial charge is 0.425 e. The van der Waals surface area contributed by atoms with Gasteiger partial charge in [0.15, 0.2) is 0 Å². The number of aromatic nitrogens is 2. The van der Waals surface area contributed by atoms with Crippen molar-refractivity contribution in [3.63, 3.8) is 0 Å². The third-order valence-electron chi connectivity index (χ3n) is 3.93. The van der Waals surface area contributed by atoms with Crippen LogP contribution in [0.5, 0.6) is 5.75 Å². The summed E-state index contributed by atoms with van der Waals surface area (Å²) in [5.41, 5.74) is 1.76. The van der Waals surface area contributed by atoms with Gasteiger partial charge in [0.1, 0.15) is 5.75 Å². The topological polar surface area (TPSA) is 72.0 Å². The van der Waals surface area contributed by atoms with Crippen molar-refractivity contribution in [2.45, 2.75) is 12.3 Å². The predicted octanol–water partition coefficient (Wildman–Crippen LogP) is 2.36. The van der Waals surface area contributed by atoms with Crippen LogP contribution in [0.3, 0.4) is 0 Å². The van der Waals surface area contributed by atoms with Gasteiger partial charge in [-0.2, -0.15) is 0 Å². The molecule has 0 saturated carbocycles. The van der Waals surface area contributed by atoms with Gasteiger partial charge in [0, 0.05) is 23.7 Å². The number of ether oxygens (including phenoxy) is 1. The molecular formula is C17H12N2O3. The van der Waals surface area contributed by atoms with Gasteiger partial charge in [-0.05, 0) is 23.8 Å². The van der Waals surface area contributed by atoms with Crippen molar-refractivity contribution in [1.29, 1.82) is 0 Å². The molecule has 1 N–H and O–H groups in total. The number of aromatic amines is 1. The Labute approximate surface area is 125 Å². The third-order valence-corrected chi connectivity index (χ3v) is 3.93. The molecule has 0 spiro atoms. The average molecular weight is 292 g/mol. The monoisotopic (exact) mass is 292 g/mol. The molecule has 0 bridgehead atoms. The summed E-state index contributed by atoms with van der Waals surface area (Å²) in [4.78, 5) is 31.5. The number of rotatable bonds is 1. The van der Waals surface area contributed by atoms with E-state index in [9.17, 15) is 9.59 Å². The van der Waals surface area contributed by atoms with Crippen LogP contribution >= 0.6 is 0 Å². The Morgan fingerprint density at radius 2 is 2.00 bits per heavy atom. The Kier molecular flexibility index (Phi) is 2.79. The quantitative estimate of drug-likeness (QED) is 0.699. The molecule has 3 aromatic rings. The molecule has 4 rings (SSSR count). The molecule has 1 unspecified atom stereocenters. The molecule has 5 heteroatoms. The second-order valence-corrected chi connectivity index (χ2v) is 5.26. The lowest BCUT2D eigenvalue weighted by molar-refractivity contribution is -0.135. The van der Waals surface area contributed by atoms with E-state index in [2.05, 4.69) is 9.97 Å². The molecule has 1 aliphatic rings. The summed E-state index contributed by atoms with van der Waals surface area (Å²) in [6.45, 7) is 0. The number of para-hydroxylation sites is 1. The minimum atomic E-state index is -0.336. The highest BCUT2D eigenvalue weighted by Gasteiger charge is 2.32. The smallest absolute Gasteiger partial charge is 0.312 e. The van der Waals surface area contributed by atoms with E-state index in [1.165, 1.54) is 0 Å². The summed E-state index contributed by atoms with van der Waals surface area (Å²) in [6.07, 6.45) is 3.48. The predicted molar refractivity (Wildman–Crippen MR) is 80.9 cm³/mol. The van der Waals surface area contributed by atoms with E-state index in [1.54, 1.807) is 24.5 Å². The van der Waals surface area contributed by atoms with Crippen LogP contribution in [-0.4, -0.2) is 15.9 Å².